The van der Waals surface area contributed by atoms with E-state index in [0.29, 0.717) is 0 Å². The molecule has 0 fully saturated rings. The van der Waals surface area contributed by atoms with E-state index in [1.807, 2.05) is 0 Å². The molecule has 5 aromatic carbocycles. The van der Waals surface area contributed by atoms with Gasteiger partial charge in [-0.05, 0) is 28.4 Å². The normalized spacial score (nSPS) is 12.6. The van der Waals surface area contributed by atoms with E-state index in [0.717, 1.165) is 6.42 Å². The van der Waals surface area contributed by atoms with Crippen molar-refractivity contribution in [3.05, 3.63) is 159 Å². The molecule has 1 aliphatic carbocycles. The molecular weight excluding hydrogens is 680 g/mol. The van der Waals surface area contributed by atoms with Crippen molar-refractivity contribution in [3.8, 4) is 11.1 Å². The third-order valence-corrected chi connectivity index (χ3v) is 11.0. The summed E-state index contributed by atoms with van der Waals surface area (Å²) in [5.74, 6) is 0. The topological polar surface area (TPSA) is 0 Å². The van der Waals surface area contributed by atoms with Crippen molar-refractivity contribution in [2.24, 2.45) is 0 Å². The molecule has 0 N–H and O–H groups in total. The minimum atomic E-state index is 0.167. The Bertz CT molecular complexity index is 1760. The minimum Gasteiger partial charge on any atom is -0.208 e. The summed E-state index contributed by atoms with van der Waals surface area (Å²) < 4.78 is 1.42. The van der Waals surface area contributed by atoms with Crippen LogP contribution in [0.5, 0.6) is 0 Å². The van der Waals surface area contributed by atoms with Crippen LogP contribution in [0.2, 0.25) is 0 Å². The molecule has 0 spiro atoms. The fraction of sp³-hybridized carbons (Fsp3) is 0.388. The molecule has 1 heteroatoms. The Morgan fingerprint density at radius 3 is 1.40 bits per heavy atom. The van der Waals surface area contributed by atoms with Crippen LogP contribution in [-0.4, -0.2) is 3.21 Å². The van der Waals surface area contributed by atoms with Crippen LogP contribution in [0, 0.1) is 19.9 Å². The summed E-state index contributed by atoms with van der Waals surface area (Å²) in [5.41, 5.74) is 17.3. The molecule has 0 atom stereocenters. The van der Waals surface area contributed by atoms with E-state index < -0.39 is 0 Å². The quantitative estimate of drug-likeness (QED) is 0.155. The van der Waals surface area contributed by atoms with Crippen LogP contribution < -0.4 is 0 Å². The van der Waals surface area contributed by atoms with Crippen LogP contribution >= 0.6 is 0 Å². The third kappa shape index (κ3) is 10.3. The van der Waals surface area contributed by atoms with Crippen LogP contribution in [0.1, 0.15) is 139 Å². The zero-order valence-corrected chi connectivity index (χ0v) is 35.9. The van der Waals surface area contributed by atoms with Crippen molar-refractivity contribution in [2.75, 3.05) is 0 Å². The summed E-state index contributed by atoms with van der Waals surface area (Å²) in [6.45, 7) is 31.4. The molecule has 1 aliphatic rings. The van der Waals surface area contributed by atoms with Gasteiger partial charge in [0.15, 0.2) is 0 Å². The average Bonchev–Trinajstić information content (AvgIpc) is 3.60. The van der Waals surface area contributed by atoms with Gasteiger partial charge in [0.2, 0.25) is 0 Å². The molecule has 0 aromatic heterocycles. The first-order valence-electron chi connectivity index (χ1n) is 18.2. The summed E-state index contributed by atoms with van der Waals surface area (Å²) >= 11 is 1.46. The summed E-state index contributed by atoms with van der Waals surface area (Å²) in [7, 11) is 0. The Balaban J connectivity index is 0.000000188. The smallest absolute Gasteiger partial charge is 0.0635 e. The second-order valence-electron chi connectivity index (χ2n) is 18.3. The predicted octanol–water partition coefficient (Wildman–Crippen LogP) is 13.1. The van der Waals surface area contributed by atoms with Gasteiger partial charge in [-0.15, -0.1) is 11.1 Å². The van der Waals surface area contributed by atoms with Crippen LogP contribution in [0.4, 0.5) is 0 Å². The zero-order chi connectivity index (χ0) is 37.2. The zero-order valence-electron chi connectivity index (χ0n) is 33.4. The number of fused-ring (bicyclic) bond motifs is 3. The van der Waals surface area contributed by atoms with Crippen LogP contribution in [-0.2, 0) is 52.3 Å². The van der Waals surface area contributed by atoms with Crippen molar-refractivity contribution in [1.29, 1.82) is 0 Å². The first-order chi connectivity index (χ1) is 23.0. The Morgan fingerprint density at radius 2 is 1.02 bits per heavy atom. The van der Waals surface area contributed by atoms with E-state index >= 15 is 0 Å². The molecule has 5 aromatic rings. The molecule has 50 heavy (non-hydrogen) atoms. The molecular formula is C49H60Zr. The van der Waals surface area contributed by atoms with Crippen LogP contribution in [0.3, 0.4) is 0 Å². The monoisotopic (exact) mass is 738 g/mol. The standard InChI is InChI=1S/C21H25.C21H26.C7H9.Zr/c1-20(2,3)16-7-9-18-14(12-16)11-15-13-17(21(4,5)6)8-10-19(15)18;1-20(2,3)18-11-7-16(8-12-18)15-17-9-13-19(14-10-17)21(4,5)6;1-6-3-4-7(2)5-6;/h7-10,12H,11H2,1-6H3;7-14H,1-6H3;3-5H,1-2H3;/q-1;;-1;+2. The van der Waals surface area contributed by atoms with Crippen LogP contribution in [0.25, 0.3) is 11.1 Å². The molecule has 0 heterocycles. The van der Waals surface area contributed by atoms with Crippen molar-refractivity contribution in [1.82, 2.24) is 0 Å². The van der Waals surface area contributed by atoms with Gasteiger partial charge in [0, 0.05) is 0 Å². The fourth-order valence-electron chi connectivity index (χ4n) is 6.19. The van der Waals surface area contributed by atoms with Crippen molar-refractivity contribution < 1.29 is 24.2 Å². The van der Waals surface area contributed by atoms with Gasteiger partial charge in [0.1, 0.15) is 0 Å². The van der Waals surface area contributed by atoms with Gasteiger partial charge in [-0.2, -0.15) is 41.5 Å². The molecule has 0 aliphatic heterocycles. The maximum atomic E-state index is 3.67. The van der Waals surface area contributed by atoms with E-state index in [2.05, 4.69) is 200 Å². The molecule has 0 radical (unpaired) electrons. The minimum absolute atomic E-state index is 0.167. The van der Waals surface area contributed by atoms with Gasteiger partial charge < -0.3 is 0 Å². The van der Waals surface area contributed by atoms with E-state index in [4.69, 9.17) is 0 Å². The van der Waals surface area contributed by atoms with Gasteiger partial charge in [-0.1, -0.05) is 79.2 Å². The molecule has 0 saturated heterocycles. The average molecular weight is 740 g/mol. The Kier molecular flexibility index (Phi) is 12.2. The molecule has 260 valence electrons. The van der Waals surface area contributed by atoms with E-state index in [1.165, 1.54) is 94.2 Å². The Morgan fingerprint density at radius 1 is 0.560 bits per heavy atom. The largest absolute Gasteiger partial charge is 0.208 e. The van der Waals surface area contributed by atoms with Crippen molar-refractivity contribution in [3.63, 3.8) is 0 Å². The second kappa shape index (κ2) is 15.3. The van der Waals surface area contributed by atoms with Gasteiger partial charge in [0.05, 0.1) is 0 Å². The number of hydrogen-bond donors (Lipinski definition) is 0. The van der Waals surface area contributed by atoms with Gasteiger partial charge in [-0.25, -0.2) is 11.6 Å². The van der Waals surface area contributed by atoms with Gasteiger partial charge in [0.25, 0.3) is 0 Å². The Hall–Kier alpha value is -3.02. The summed E-state index contributed by atoms with van der Waals surface area (Å²) in [5, 5.41) is 0. The molecule has 0 bridgehead atoms. The molecule has 0 unspecified atom stereocenters. The molecule has 6 rings (SSSR count). The summed E-state index contributed by atoms with van der Waals surface area (Å²) in [6.07, 6.45) is 1.03. The maximum absolute atomic E-state index is 3.67. The number of hydrogen-bond acceptors (Lipinski definition) is 0. The fourth-order valence-corrected chi connectivity index (χ4v) is 7.01. The third-order valence-electron chi connectivity index (χ3n) is 9.61. The molecule has 0 nitrogen and oxygen atoms in total. The first-order valence-corrected chi connectivity index (χ1v) is 19.5. The first kappa shape index (κ1) is 39.8. The second-order valence-corrected chi connectivity index (χ2v) is 19.5. The van der Waals surface area contributed by atoms with E-state index in [-0.39, 0.29) is 21.7 Å². The van der Waals surface area contributed by atoms with E-state index in [1.54, 1.807) is 0 Å². The number of benzene rings is 4. The maximum Gasteiger partial charge on any atom is -0.0635 e. The summed E-state index contributed by atoms with van der Waals surface area (Å²) in [4.78, 5) is 0. The van der Waals surface area contributed by atoms with Gasteiger partial charge >= 0.3 is 151 Å². The summed E-state index contributed by atoms with van der Waals surface area (Å²) in [6, 6.07) is 39.7. The predicted molar refractivity (Wildman–Crippen MR) is 216 cm³/mol. The van der Waals surface area contributed by atoms with Crippen molar-refractivity contribution >= 4 is 3.21 Å². The molecule has 0 amide bonds. The molecule has 0 saturated carbocycles. The SMILES string of the molecule is CC(C)(C)c1[c-]c2c(cc1)-c1ccc(C(C)(C)C)cc1C2.CC(C)(C)c1ccc([C](=[Zr+2])c2ccc(C(C)(C)C)cc2)cc1.Cc1c[cH-]c(C)c1. The Labute approximate surface area is 320 Å². The van der Waals surface area contributed by atoms with Crippen LogP contribution in [0.15, 0.2) is 97.1 Å². The van der Waals surface area contributed by atoms with Gasteiger partial charge in [-0.3, -0.25) is 0 Å². The van der Waals surface area contributed by atoms with E-state index in [9.17, 15) is 0 Å². The van der Waals surface area contributed by atoms with Crippen molar-refractivity contribution in [2.45, 2.75) is 125 Å². The number of rotatable bonds is 2. The number of aryl methyl sites for hydroxylation is 2.